The van der Waals surface area contributed by atoms with Crippen LogP contribution in [0.5, 0.6) is 0 Å². The summed E-state index contributed by atoms with van der Waals surface area (Å²) in [6.07, 6.45) is -1.18. The summed E-state index contributed by atoms with van der Waals surface area (Å²) >= 11 is 0.998. The smallest absolute Gasteiger partial charge is 0.302 e. The highest BCUT2D eigenvalue weighted by atomic mass is 32.1. The molecule has 1 aromatic carbocycles. The van der Waals surface area contributed by atoms with Gasteiger partial charge in [0.1, 0.15) is 0 Å². The van der Waals surface area contributed by atoms with Gasteiger partial charge in [-0.25, -0.2) is 10.5 Å². The van der Waals surface area contributed by atoms with Crippen LogP contribution in [0.15, 0.2) is 18.2 Å². The maximum atomic E-state index is 12.7. The number of nitrogens with zero attached hydrogens (tertiary/aromatic N) is 1. The lowest BCUT2D eigenvalue weighted by molar-refractivity contribution is -0.137. The van der Waals surface area contributed by atoms with Gasteiger partial charge in [0.05, 0.1) is 15.8 Å². The molecule has 2 rings (SSSR count). The van der Waals surface area contributed by atoms with Crippen LogP contribution in [0.3, 0.4) is 0 Å². The van der Waals surface area contributed by atoms with E-state index in [4.69, 9.17) is 5.21 Å². The number of fused-ring (bicyclic) bond motifs is 1. The molecule has 2 aromatic rings. The number of rotatable bonds is 8. The van der Waals surface area contributed by atoms with Gasteiger partial charge in [0.25, 0.3) is 0 Å². The second-order valence-corrected chi connectivity index (χ2v) is 6.73. The zero-order valence-corrected chi connectivity index (χ0v) is 14.5. The summed E-state index contributed by atoms with van der Waals surface area (Å²) < 4.78 is 38.5. The lowest BCUT2D eigenvalue weighted by atomic mass is 10.1. The number of hydrogen-bond donors (Lipinski definition) is 3. The fraction of sp³-hybridized carbons (Fsp3) is 0.438. The van der Waals surface area contributed by atoms with Crippen molar-refractivity contribution in [2.45, 2.75) is 44.7 Å². The van der Waals surface area contributed by atoms with Gasteiger partial charge in [0.15, 0.2) is 5.13 Å². The number of aromatic nitrogens is 1. The summed E-state index contributed by atoms with van der Waals surface area (Å²) in [5, 5.41) is 11.2. The number of benzene rings is 1. The van der Waals surface area contributed by atoms with Gasteiger partial charge in [0, 0.05) is 12.8 Å². The van der Waals surface area contributed by atoms with Crippen LogP contribution in [0.25, 0.3) is 10.2 Å². The Balaban J connectivity index is 1.79. The fourth-order valence-corrected chi connectivity index (χ4v) is 3.24. The summed E-state index contributed by atoms with van der Waals surface area (Å²) in [5.74, 6) is -0.694. The highest BCUT2D eigenvalue weighted by Crippen LogP contribution is 2.34. The van der Waals surface area contributed by atoms with Crippen molar-refractivity contribution in [3.63, 3.8) is 0 Å². The summed E-state index contributed by atoms with van der Waals surface area (Å²) in [4.78, 5) is 26.8. The van der Waals surface area contributed by atoms with E-state index in [1.54, 1.807) is 5.48 Å². The minimum Gasteiger partial charge on any atom is -0.302 e. The SMILES string of the molecule is O=C(CCCCCCC(=O)Nc1nc2ccc(C(F)(F)F)cc2s1)NO. The standard InChI is InChI=1S/C16H18F3N3O3S/c17-16(18,19)10-7-8-11-12(9-10)26-15(20-11)21-13(23)5-3-1-2-4-6-14(24)22-25/h7-9,25H,1-6H2,(H,22,24)(H,20,21,23). The number of carbonyl (C=O) groups excluding carboxylic acids is 2. The quantitative estimate of drug-likeness (QED) is 0.360. The number of thiazole rings is 1. The van der Waals surface area contributed by atoms with Crippen LogP contribution in [0.1, 0.15) is 44.1 Å². The summed E-state index contributed by atoms with van der Waals surface area (Å²) in [7, 11) is 0. The van der Waals surface area contributed by atoms with Crippen molar-refractivity contribution in [2.75, 3.05) is 5.32 Å². The average Bonchev–Trinajstić information content (AvgIpc) is 2.98. The molecule has 0 atom stereocenters. The molecule has 26 heavy (non-hydrogen) atoms. The third-order valence-corrected chi connectivity index (χ3v) is 4.58. The number of amides is 2. The number of halogens is 3. The summed E-state index contributed by atoms with van der Waals surface area (Å²) in [5.41, 5.74) is 1.21. The number of unbranched alkanes of at least 4 members (excludes halogenated alkanes) is 3. The van der Waals surface area contributed by atoms with E-state index in [0.29, 0.717) is 23.1 Å². The number of carbonyl (C=O) groups is 2. The topological polar surface area (TPSA) is 91.3 Å². The monoisotopic (exact) mass is 389 g/mol. The van der Waals surface area contributed by atoms with E-state index in [1.165, 1.54) is 6.07 Å². The van der Waals surface area contributed by atoms with Gasteiger partial charge in [0.2, 0.25) is 11.8 Å². The molecule has 2 amide bonds. The van der Waals surface area contributed by atoms with Gasteiger partial charge >= 0.3 is 6.18 Å². The van der Waals surface area contributed by atoms with Gasteiger partial charge in [-0.05, 0) is 31.0 Å². The van der Waals surface area contributed by atoms with Crippen molar-refractivity contribution in [2.24, 2.45) is 0 Å². The van der Waals surface area contributed by atoms with E-state index < -0.39 is 17.6 Å². The minimum atomic E-state index is -4.42. The fourth-order valence-electron chi connectivity index (χ4n) is 2.32. The normalized spacial score (nSPS) is 11.5. The molecule has 10 heteroatoms. The van der Waals surface area contributed by atoms with Crippen LogP contribution in [0, 0.1) is 0 Å². The van der Waals surface area contributed by atoms with Gasteiger partial charge in [-0.3, -0.25) is 14.8 Å². The molecule has 0 spiro atoms. The van der Waals surface area contributed by atoms with Crippen LogP contribution in [0.4, 0.5) is 18.3 Å². The molecule has 0 aliphatic rings. The molecule has 0 aliphatic carbocycles. The molecule has 142 valence electrons. The van der Waals surface area contributed by atoms with E-state index in [-0.39, 0.29) is 23.9 Å². The molecule has 0 saturated carbocycles. The van der Waals surface area contributed by atoms with Crippen molar-refractivity contribution < 1.29 is 28.0 Å². The van der Waals surface area contributed by atoms with Crippen molar-refractivity contribution in [1.82, 2.24) is 10.5 Å². The Kier molecular flexibility index (Phi) is 6.92. The highest BCUT2D eigenvalue weighted by molar-refractivity contribution is 7.22. The van der Waals surface area contributed by atoms with E-state index in [0.717, 1.165) is 36.3 Å². The van der Waals surface area contributed by atoms with E-state index in [1.807, 2.05) is 0 Å². The molecule has 0 unspecified atom stereocenters. The third-order valence-electron chi connectivity index (χ3n) is 3.64. The number of alkyl halides is 3. The molecule has 6 nitrogen and oxygen atoms in total. The molecule has 0 radical (unpaired) electrons. The molecule has 1 heterocycles. The molecule has 0 fully saturated rings. The van der Waals surface area contributed by atoms with Crippen molar-refractivity contribution in [3.8, 4) is 0 Å². The van der Waals surface area contributed by atoms with Crippen LogP contribution >= 0.6 is 11.3 Å². The average molecular weight is 389 g/mol. The van der Waals surface area contributed by atoms with Gasteiger partial charge in [-0.2, -0.15) is 13.2 Å². The van der Waals surface area contributed by atoms with Gasteiger partial charge in [-0.1, -0.05) is 24.2 Å². The Morgan fingerprint density at radius 1 is 1.08 bits per heavy atom. The van der Waals surface area contributed by atoms with Gasteiger partial charge < -0.3 is 5.32 Å². The van der Waals surface area contributed by atoms with Crippen LogP contribution in [0.2, 0.25) is 0 Å². The zero-order valence-electron chi connectivity index (χ0n) is 13.7. The van der Waals surface area contributed by atoms with Crippen LogP contribution < -0.4 is 10.8 Å². The molecule has 0 bridgehead atoms. The lowest BCUT2D eigenvalue weighted by Gasteiger charge is -2.04. The molecule has 3 N–H and O–H groups in total. The largest absolute Gasteiger partial charge is 0.416 e. The number of hydrogen-bond acceptors (Lipinski definition) is 5. The third kappa shape index (κ3) is 5.95. The zero-order chi connectivity index (χ0) is 19.2. The molecular weight excluding hydrogens is 371 g/mol. The van der Waals surface area contributed by atoms with Gasteiger partial charge in [-0.15, -0.1) is 0 Å². The van der Waals surface area contributed by atoms with Crippen LogP contribution in [-0.4, -0.2) is 22.0 Å². The van der Waals surface area contributed by atoms with E-state index in [9.17, 15) is 22.8 Å². The maximum absolute atomic E-state index is 12.7. The first-order chi connectivity index (χ1) is 12.3. The molecule has 0 saturated heterocycles. The second kappa shape index (κ2) is 8.95. The predicted octanol–water partition coefficient (Wildman–Crippen LogP) is 4.10. The Labute approximate surface area is 151 Å². The van der Waals surface area contributed by atoms with E-state index >= 15 is 0 Å². The van der Waals surface area contributed by atoms with Crippen molar-refractivity contribution in [3.05, 3.63) is 23.8 Å². The lowest BCUT2D eigenvalue weighted by Crippen LogP contribution is -2.17. The molecule has 0 aliphatic heterocycles. The first kappa shape index (κ1) is 20.1. The summed E-state index contributed by atoms with van der Waals surface area (Å²) in [6, 6.07) is 3.27. The minimum absolute atomic E-state index is 0.230. The number of hydroxylamine groups is 1. The molecule has 1 aromatic heterocycles. The number of anilines is 1. The van der Waals surface area contributed by atoms with Crippen molar-refractivity contribution in [1.29, 1.82) is 0 Å². The predicted molar refractivity (Wildman–Crippen MR) is 90.9 cm³/mol. The maximum Gasteiger partial charge on any atom is 0.416 e. The Hall–Kier alpha value is -2.20. The highest BCUT2D eigenvalue weighted by Gasteiger charge is 2.30. The first-order valence-electron chi connectivity index (χ1n) is 8.00. The number of nitrogens with one attached hydrogen (secondary N) is 2. The second-order valence-electron chi connectivity index (χ2n) is 5.70. The first-order valence-corrected chi connectivity index (χ1v) is 8.82. The van der Waals surface area contributed by atoms with Crippen molar-refractivity contribution >= 4 is 38.5 Å². The Bertz CT molecular complexity index is 777. The Morgan fingerprint density at radius 3 is 2.35 bits per heavy atom. The Morgan fingerprint density at radius 2 is 1.73 bits per heavy atom. The van der Waals surface area contributed by atoms with Crippen LogP contribution in [-0.2, 0) is 15.8 Å². The molecular formula is C16H18F3N3O3S. The summed E-state index contributed by atoms with van der Waals surface area (Å²) in [6.45, 7) is 0. The van der Waals surface area contributed by atoms with E-state index in [2.05, 4.69) is 10.3 Å².